The lowest BCUT2D eigenvalue weighted by Gasteiger charge is -2.07. The van der Waals surface area contributed by atoms with E-state index < -0.39 is 0 Å². The third kappa shape index (κ3) is 2.48. The van der Waals surface area contributed by atoms with Crippen molar-refractivity contribution < 1.29 is 9.37 Å². The SMILES string of the molecule is COc1ccc(Cn2ccc3ccc(-c4no[nH]c4=O)cc32)cc1. The van der Waals surface area contributed by atoms with Gasteiger partial charge in [0.25, 0.3) is 0 Å². The molecule has 2 heterocycles. The molecule has 0 aliphatic heterocycles. The maximum absolute atomic E-state index is 11.7. The summed E-state index contributed by atoms with van der Waals surface area (Å²) >= 11 is 0. The zero-order valence-electron chi connectivity index (χ0n) is 13.0. The van der Waals surface area contributed by atoms with Gasteiger partial charge in [-0.05, 0) is 40.4 Å². The molecule has 0 radical (unpaired) electrons. The highest BCUT2D eigenvalue weighted by molar-refractivity contribution is 5.84. The number of nitrogens with zero attached hydrogens (tertiary/aromatic N) is 2. The van der Waals surface area contributed by atoms with E-state index in [9.17, 15) is 4.79 Å². The van der Waals surface area contributed by atoms with E-state index in [2.05, 4.69) is 25.6 Å². The predicted octanol–water partition coefficient (Wildman–Crippen LogP) is 3.04. The molecule has 0 unspecified atom stereocenters. The van der Waals surface area contributed by atoms with Crippen LogP contribution in [0.15, 0.2) is 64.2 Å². The van der Waals surface area contributed by atoms with Crippen LogP contribution in [0.5, 0.6) is 5.75 Å². The van der Waals surface area contributed by atoms with Crippen molar-refractivity contribution in [3.8, 4) is 17.0 Å². The standard InChI is InChI=1S/C18H15N3O3/c1-23-15-6-2-12(3-7-15)11-21-9-8-13-4-5-14(10-16(13)21)17-18(22)20-24-19-17/h2-10H,11H2,1H3,(H,20,22). The molecule has 2 aromatic carbocycles. The van der Waals surface area contributed by atoms with E-state index >= 15 is 0 Å². The normalized spacial score (nSPS) is 11.0. The van der Waals surface area contributed by atoms with Gasteiger partial charge in [-0.1, -0.05) is 24.3 Å². The summed E-state index contributed by atoms with van der Waals surface area (Å²) in [6.07, 6.45) is 2.03. The second-order valence-corrected chi connectivity index (χ2v) is 5.53. The van der Waals surface area contributed by atoms with E-state index in [-0.39, 0.29) is 11.3 Å². The van der Waals surface area contributed by atoms with Gasteiger partial charge in [0.15, 0.2) is 5.69 Å². The minimum atomic E-state index is -0.331. The molecule has 0 aliphatic carbocycles. The first-order chi connectivity index (χ1) is 11.7. The largest absolute Gasteiger partial charge is 0.497 e. The van der Waals surface area contributed by atoms with Crippen LogP contribution in [0.25, 0.3) is 22.2 Å². The average Bonchev–Trinajstić information content (AvgIpc) is 3.21. The lowest BCUT2D eigenvalue weighted by Crippen LogP contribution is -2.02. The third-order valence-electron chi connectivity index (χ3n) is 4.05. The number of nitrogens with one attached hydrogen (secondary N) is 1. The smallest absolute Gasteiger partial charge is 0.308 e. The highest BCUT2D eigenvalue weighted by Crippen LogP contribution is 2.23. The molecule has 24 heavy (non-hydrogen) atoms. The second kappa shape index (κ2) is 5.73. The molecule has 120 valence electrons. The quantitative estimate of drug-likeness (QED) is 0.627. The lowest BCUT2D eigenvalue weighted by atomic mass is 10.1. The molecule has 0 amide bonds. The van der Waals surface area contributed by atoms with E-state index in [1.54, 1.807) is 7.11 Å². The van der Waals surface area contributed by atoms with Crippen molar-refractivity contribution >= 4 is 10.9 Å². The Bertz CT molecular complexity index is 1040. The Balaban J connectivity index is 1.73. The maximum Gasteiger partial charge on any atom is 0.308 e. The Kier molecular flexibility index (Phi) is 3.42. The van der Waals surface area contributed by atoms with Gasteiger partial charge in [0.1, 0.15) is 5.75 Å². The Labute approximate surface area is 137 Å². The molecule has 4 aromatic rings. The summed E-state index contributed by atoms with van der Waals surface area (Å²) < 4.78 is 12.0. The highest BCUT2D eigenvalue weighted by Gasteiger charge is 2.10. The molecular formula is C18H15N3O3. The molecule has 4 rings (SSSR count). The van der Waals surface area contributed by atoms with Crippen LogP contribution in [0.2, 0.25) is 0 Å². The Hall–Kier alpha value is -3.28. The molecule has 1 N–H and O–H groups in total. The predicted molar refractivity (Wildman–Crippen MR) is 90.2 cm³/mol. The van der Waals surface area contributed by atoms with Crippen molar-refractivity contribution in [3.63, 3.8) is 0 Å². The molecule has 0 atom stereocenters. The minimum absolute atomic E-state index is 0.286. The van der Waals surface area contributed by atoms with E-state index in [0.29, 0.717) is 0 Å². The zero-order valence-corrected chi connectivity index (χ0v) is 13.0. The molecule has 0 spiro atoms. The molecule has 2 aromatic heterocycles. The number of aromatic nitrogens is 3. The first kappa shape index (κ1) is 14.3. The van der Waals surface area contributed by atoms with E-state index in [1.807, 2.05) is 48.7 Å². The number of rotatable bonds is 4. The number of benzene rings is 2. The maximum atomic E-state index is 11.7. The van der Waals surface area contributed by atoms with Gasteiger partial charge in [-0.25, -0.2) is 0 Å². The van der Waals surface area contributed by atoms with Gasteiger partial charge in [0, 0.05) is 23.8 Å². The number of H-pyrrole nitrogens is 1. The molecule has 0 aliphatic rings. The molecular weight excluding hydrogens is 306 g/mol. The van der Waals surface area contributed by atoms with Crippen LogP contribution in [-0.2, 0) is 6.54 Å². The van der Waals surface area contributed by atoms with Crippen molar-refractivity contribution in [2.45, 2.75) is 6.54 Å². The van der Waals surface area contributed by atoms with Crippen LogP contribution >= 0.6 is 0 Å². The molecule has 0 fully saturated rings. The molecule has 0 bridgehead atoms. The summed E-state index contributed by atoms with van der Waals surface area (Å²) in [6.45, 7) is 0.728. The van der Waals surface area contributed by atoms with E-state index in [1.165, 1.54) is 0 Å². The Morgan fingerprint density at radius 3 is 2.71 bits per heavy atom. The molecule has 0 saturated heterocycles. The molecule has 0 saturated carbocycles. The van der Waals surface area contributed by atoms with Gasteiger partial charge in [-0.3, -0.25) is 9.42 Å². The van der Waals surface area contributed by atoms with Crippen LogP contribution in [-0.4, -0.2) is 22.0 Å². The fourth-order valence-electron chi connectivity index (χ4n) is 2.78. The van der Waals surface area contributed by atoms with Gasteiger partial charge in [0.2, 0.25) is 0 Å². The summed E-state index contributed by atoms with van der Waals surface area (Å²) in [5.74, 6) is 0.837. The van der Waals surface area contributed by atoms with E-state index in [0.717, 1.165) is 34.3 Å². The Morgan fingerprint density at radius 2 is 2.00 bits per heavy atom. The lowest BCUT2D eigenvalue weighted by molar-refractivity contribution is 0.305. The van der Waals surface area contributed by atoms with Crippen molar-refractivity contribution in [2.24, 2.45) is 0 Å². The fourth-order valence-corrected chi connectivity index (χ4v) is 2.78. The number of ether oxygens (including phenoxy) is 1. The van der Waals surface area contributed by atoms with E-state index in [4.69, 9.17) is 4.74 Å². The summed E-state index contributed by atoms with van der Waals surface area (Å²) in [7, 11) is 1.65. The van der Waals surface area contributed by atoms with Gasteiger partial charge in [-0.2, -0.15) is 5.16 Å². The first-order valence-corrected chi connectivity index (χ1v) is 7.51. The van der Waals surface area contributed by atoms with Crippen LogP contribution in [0.4, 0.5) is 0 Å². The van der Waals surface area contributed by atoms with Crippen LogP contribution in [0.1, 0.15) is 5.56 Å². The Morgan fingerprint density at radius 1 is 1.17 bits per heavy atom. The van der Waals surface area contributed by atoms with Crippen LogP contribution in [0.3, 0.4) is 0 Å². The molecule has 6 nitrogen and oxygen atoms in total. The van der Waals surface area contributed by atoms with Crippen LogP contribution < -0.4 is 10.3 Å². The number of fused-ring (bicyclic) bond motifs is 1. The van der Waals surface area contributed by atoms with Gasteiger partial charge in [-0.15, -0.1) is 0 Å². The average molecular weight is 321 g/mol. The molecule has 6 heteroatoms. The number of aromatic amines is 1. The summed E-state index contributed by atoms with van der Waals surface area (Å²) in [5.41, 5.74) is 2.88. The topological polar surface area (TPSA) is 73.0 Å². The minimum Gasteiger partial charge on any atom is -0.497 e. The summed E-state index contributed by atoms with van der Waals surface area (Å²) in [4.78, 5) is 11.7. The van der Waals surface area contributed by atoms with Gasteiger partial charge in [0.05, 0.1) is 7.11 Å². The van der Waals surface area contributed by atoms with Crippen molar-refractivity contribution in [2.75, 3.05) is 7.11 Å². The number of hydrogen-bond acceptors (Lipinski definition) is 4. The first-order valence-electron chi connectivity index (χ1n) is 7.51. The van der Waals surface area contributed by atoms with Crippen LogP contribution in [0, 0.1) is 0 Å². The summed E-state index contributed by atoms with van der Waals surface area (Å²) in [5, 5.41) is 7.06. The highest BCUT2D eigenvalue weighted by atomic mass is 16.6. The van der Waals surface area contributed by atoms with Gasteiger partial charge < -0.3 is 9.30 Å². The fraction of sp³-hybridized carbons (Fsp3) is 0.111. The van der Waals surface area contributed by atoms with Crippen molar-refractivity contribution in [3.05, 3.63) is 70.6 Å². The van der Waals surface area contributed by atoms with Gasteiger partial charge >= 0.3 is 5.56 Å². The number of hydrogen-bond donors (Lipinski definition) is 1. The van der Waals surface area contributed by atoms with Crippen molar-refractivity contribution in [1.29, 1.82) is 0 Å². The zero-order chi connectivity index (χ0) is 16.5. The summed E-state index contributed by atoms with van der Waals surface area (Å²) in [6, 6.07) is 15.8. The number of methoxy groups -OCH3 is 1. The van der Waals surface area contributed by atoms with Crippen molar-refractivity contribution in [1.82, 2.24) is 14.9 Å². The second-order valence-electron chi connectivity index (χ2n) is 5.53. The monoisotopic (exact) mass is 321 g/mol. The third-order valence-corrected chi connectivity index (χ3v) is 4.05.